The average molecular weight is 254 g/mol. The Labute approximate surface area is 108 Å². The van der Waals surface area contributed by atoms with Gasteiger partial charge in [-0.05, 0) is 37.0 Å². The third kappa shape index (κ3) is 2.16. The van der Waals surface area contributed by atoms with Crippen molar-refractivity contribution in [3.8, 4) is 5.75 Å². The van der Waals surface area contributed by atoms with Gasteiger partial charge in [0.25, 0.3) is 0 Å². The summed E-state index contributed by atoms with van der Waals surface area (Å²) in [4.78, 5) is 0. The van der Waals surface area contributed by atoms with Crippen LogP contribution in [0.4, 0.5) is 0 Å². The highest BCUT2D eigenvalue weighted by atomic mass is 35.5. The van der Waals surface area contributed by atoms with Gasteiger partial charge in [0.1, 0.15) is 5.75 Å². The van der Waals surface area contributed by atoms with Crippen molar-refractivity contribution < 1.29 is 5.11 Å². The Balaban J connectivity index is 2.53. The molecular weight excluding hydrogens is 234 g/mol. The van der Waals surface area contributed by atoms with Crippen LogP contribution in [0.25, 0.3) is 0 Å². The fourth-order valence-electron chi connectivity index (χ4n) is 2.96. The summed E-state index contributed by atoms with van der Waals surface area (Å²) in [5.41, 5.74) is 7.78. The number of rotatable bonds is 3. The van der Waals surface area contributed by atoms with E-state index in [0.717, 1.165) is 30.4 Å². The van der Waals surface area contributed by atoms with Gasteiger partial charge >= 0.3 is 0 Å². The molecule has 0 radical (unpaired) electrons. The molecule has 0 bridgehead atoms. The molecule has 0 aromatic heterocycles. The predicted molar refractivity (Wildman–Crippen MR) is 71.7 cm³/mol. The normalized spacial score (nSPS) is 18.5. The zero-order valence-corrected chi connectivity index (χ0v) is 11.1. The molecule has 0 heterocycles. The fraction of sp³-hybridized carbons (Fsp3) is 0.571. The Morgan fingerprint density at radius 3 is 2.53 bits per heavy atom. The lowest BCUT2D eigenvalue weighted by Crippen LogP contribution is -2.32. The predicted octanol–water partition coefficient (Wildman–Crippen LogP) is 3.38. The molecule has 1 aliphatic rings. The summed E-state index contributed by atoms with van der Waals surface area (Å²) >= 11 is 6.15. The molecule has 1 saturated carbocycles. The minimum Gasteiger partial charge on any atom is -0.507 e. The monoisotopic (exact) mass is 253 g/mol. The van der Waals surface area contributed by atoms with Gasteiger partial charge in [0.2, 0.25) is 0 Å². The number of aryl methyl sites for hydroxylation is 1. The van der Waals surface area contributed by atoms with Crippen molar-refractivity contribution in [1.82, 2.24) is 0 Å². The van der Waals surface area contributed by atoms with E-state index in [1.807, 2.05) is 19.1 Å². The number of benzene rings is 1. The maximum absolute atomic E-state index is 10.4. The van der Waals surface area contributed by atoms with E-state index in [-0.39, 0.29) is 5.41 Å². The molecule has 2 nitrogen and oxygen atoms in total. The fourth-order valence-corrected chi connectivity index (χ4v) is 3.21. The Kier molecular flexibility index (Phi) is 3.64. The van der Waals surface area contributed by atoms with Gasteiger partial charge < -0.3 is 10.8 Å². The highest BCUT2D eigenvalue weighted by Crippen LogP contribution is 2.45. The van der Waals surface area contributed by atoms with Crippen LogP contribution in [0.3, 0.4) is 0 Å². The van der Waals surface area contributed by atoms with Gasteiger partial charge in [-0.1, -0.05) is 31.4 Å². The summed E-state index contributed by atoms with van der Waals surface area (Å²) in [5, 5.41) is 11.1. The van der Waals surface area contributed by atoms with E-state index in [4.69, 9.17) is 17.3 Å². The molecule has 0 aliphatic heterocycles. The standard InChI is InChI=1S/C14H20ClNO/c1-2-10-7-11(15)8-12(13(10)17)14(9-16)5-3-4-6-14/h7-8,17H,2-6,9,16H2,1H3. The molecule has 3 N–H and O–H groups in total. The number of aromatic hydroxyl groups is 1. The van der Waals surface area contributed by atoms with E-state index in [1.54, 1.807) is 0 Å². The van der Waals surface area contributed by atoms with Crippen LogP contribution in [-0.4, -0.2) is 11.7 Å². The third-order valence-corrected chi connectivity index (χ3v) is 4.28. The Hall–Kier alpha value is -0.730. The summed E-state index contributed by atoms with van der Waals surface area (Å²) in [6.07, 6.45) is 5.27. The number of hydrogen-bond acceptors (Lipinski definition) is 2. The summed E-state index contributed by atoms with van der Waals surface area (Å²) < 4.78 is 0. The first-order valence-corrected chi connectivity index (χ1v) is 6.72. The maximum atomic E-state index is 10.4. The minimum atomic E-state index is -0.0566. The number of phenols is 1. The van der Waals surface area contributed by atoms with Crippen LogP contribution < -0.4 is 5.73 Å². The first kappa shape index (κ1) is 12.7. The SMILES string of the molecule is CCc1cc(Cl)cc(C2(CN)CCCC2)c1O. The van der Waals surface area contributed by atoms with Crippen molar-refractivity contribution in [2.45, 2.75) is 44.4 Å². The molecule has 0 atom stereocenters. The number of hydrogen-bond donors (Lipinski definition) is 2. The van der Waals surface area contributed by atoms with Crippen molar-refractivity contribution in [3.63, 3.8) is 0 Å². The molecule has 0 unspecified atom stereocenters. The molecule has 1 aromatic rings. The average Bonchev–Trinajstić information content (AvgIpc) is 2.81. The van der Waals surface area contributed by atoms with E-state index >= 15 is 0 Å². The molecule has 0 amide bonds. The smallest absolute Gasteiger partial charge is 0.122 e. The lowest BCUT2D eigenvalue weighted by Gasteiger charge is -2.29. The van der Waals surface area contributed by atoms with Crippen LogP contribution in [0.15, 0.2) is 12.1 Å². The third-order valence-electron chi connectivity index (χ3n) is 4.06. The number of nitrogens with two attached hydrogens (primary N) is 1. The topological polar surface area (TPSA) is 46.2 Å². The summed E-state index contributed by atoms with van der Waals surface area (Å²) in [5.74, 6) is 0.407. The van der Waals surface area contributed by atoms with E-state index in [9.17, 15) is 5.11 Å². The molecule has 1 aliphatic carbocycles. The molecule has 1 aromatic carbocycles. The molecule has 94 valence electrons. The zero-order chi connectivity index (χ0) is 12.5. The quantitative estimate of drug-likeness (QED) is 0.868. The molecule has 3 heteroatoms. The van der Waals surface area contributed by atoms with Crippen molar-refractivity contribution in [2.75, 3.05) is 6.54 Å². The minimum absolute atomic E-state index is 0.0566. The first-order chi connectivity index (χ1) is 8.13. The van der Waals surface area contributed by atoms with Crippen LogP contribution in [0.1, 0.15) is 43.7 Å². The lowest BCUT2D eigenvalue weighted by atomic mass is 9.77. The van der Waals surface area contributed by atoms with Gasteiger partial charge in [-0.25, -0.2) is 0 Å². The van der Waals surface area contributed by atoms with E-state index in [0.29, 0.717) is 17.3 Å². The number of halogens is 1. The van der Waals surface area contributed by atoms with Crippen LogP contribution in [-0.2, 0) is 11.8 Å². The molecule has 17 heavy (non-hydrogen) atoms. The van der Waals surface area contributed by atoms with Crippen LogP contribution >= 0.6 is 11.6 Å². The molecular formula is C14H20ClNO. The van der Waals surface area contributed by atoms with Gasteiger partial charge in [-0.2, -0.15) is 0 Å². The van der Waals surface area contributed by atoms with Gasteiger partial charge in [0, 0.05) is 22.5 Å². The lowest BCUT2D eigenvalue weighted by molar-refractivity contribution is 0.402. The second-order valence-electron chi connectivity index (χ2n) is 5.01. The summed E-state index contributed by atoms with van der Waals surface area (Å²) in [6, 6.07) is 3.74. The first-order valence-electron chi connectivity index (χ1n) is 6.35. The van der Waals surface area contributed by atoms with Gasteiger partial charge in [0.05, 0.1) is 0 Å². The van der Waals surface area contributed by atoms with Gasteiger partial charge in [-0.15, -0.1) is 0 Å². The highest BCUT2D eigenvalue weighted by Gasteiger charge is 2.37. The molecule has 2 rings (SSSR count). The van der Waals surface area contributed by atoms with Crippen LogP contribution in [0.2, 0.25) is 5.02 Å². The van der Waals surface area contributed by atoms with Gasteiger partial charge in [0.15, 0.2) is 0 Å². The van der Waals surface area contributed by atoms with Crippen molar-refractivity contribution in [1.29, 1.82) is 0 Å². The molecule has 1 fully saturated rings. The summed E-state index contributed by atoms with van der Waals surface area (Å²) in [7, 11) is 0. The largest absolute Gasteiger partial charge is 0.507 e. The Bertz CT molecular complexity index is 411. The summed E-state index contributed by atoms with van der Waals surface area (Å²) in [6.45, 7) is 2.61. The van der Waals surface area contributed by atoms with Gasteiger partial charge in [-0.3, -0.25) is 0 Å². The van der Waals surface area contributed by atoms with E-state index in [1.165, 1.54) is 12.8 Å². The van der Waals surface area contributed by atoms with Crippen LogP contribution in [0, 0.1) is 0 Å². The maximum Gasteiger partial charge on any atom is 0.122 e. The Morgan fingerprint density at radius 2 is 2.00 bits per heavy atom. The number of phenolic OH excluding ortho intramolecular Hbond substituents is 1. The van der Waals surface area contributed by atoms with Crippen molar-refractivity contribution >= 4 is 11.6 Å². The molecule has 0 saturated heterocycles. The van der Waals surface area contributed by atoms with E-state index in [2.05, 4.69) is 0 Å². The second kappa shape index (κ2) is 4.87. The zero-order valence-electron chi connectivity index (χ0n) is 10.3. The Morgan fingerprint density at radius 1 is 1.35 bits per heavy atom. The molecule has 0 spiro atoms. The second-order valence-corrected chi connectivity index (χ2v) is 5.44. The van der Waals surface area contributed by atoms with Crippen LogP contribution in [0.5, 0.6) is 5.75 Å². The van der Waals surface area contributed by atoms with Crippen molar-refractivity contribution in [3.05, 3.63) is 28.3 Å². The van der Waals surface area contributed by atoms with Crippen molar-refractivity contribution in [2.24, 2.45) is 5.73 Å². The van der Waals surface area contributed by atoms with E-state index < -0.39 is 0 Å². The highest BCUT2D eigenvalue weighted by molar-refractivity contribution is 6.30.